The van der Waals surface area contributed by atoms with Gasteiger partial charge in [-0.15, -0.1) is 0 Å². The topological polar surface area (TPSA) is 217 Å². The first-order valence-electron chi connectivity index (χ1n) is 34.1. The van der Waals surface area contributed by atoms with Gasteiger partial charge in [-0.2, -0.15) is 0 Å². The number of piperazine rings is 2. The Morgan fingerprint density at radius 3 is 1.10 bits per heavy atom. The van der Waals surface area contributed by atoms with Gasteiger partial charge < -0.3 is 53.9 Å². The average molecular weight is 1460 g/mol. The van der Waals surface area contributed by atoms with Crippen LogP contribution in [0.1, 0.15) is 124 Å². The van der Waals surface area contributed by atoms with E-state index in [0.717, 1.165) is 33.4 Å². The van der Waals surface area contributed by atoms with Crippen LogP contribution in [-0.2, 0) is 44.2 Å². The van der Waals surface area contributed by atoms with E-state index in [4.69, 9.17) is 80.1 Å². The Kier molecular flexibility index (Phi) is 25.5. The van der Waals surface area contributed by atoms with Gasteiger partial charge in [-0.25, -0.2) is 9.59 Å². The number of carbonyl (C=O) groups excluding carboxylic acids is 6. The maximum absolute atomic E-state index is 15.2. The van der Waals surface area contributed by atoms with E-state index in [2.05, 4.69) is 52.2 Å². The molecule has 25 heteroatoms. The molecule has 4 aliphatic rings. The molecule has 4 heterocycles. The fourth-order valence-corrected chi connectivity index (χ4v) is 13.0. The predicted molar refractivity (Wildman–Crippen MR) is 392 cm³/mol. The van der Waals surface area contributed by atoms with Gasteiger partial charge >= 0.3 is 12.1 Å². The number of hydrogen-bond donors (Lipinski definition) is 2. The molecule has 6 aromatic rings. The number of carbonyl (C=O) groups is 6. The Morgan fingerprint density at radius 1 is 0.455 bits per heavy atom. The molecular weight excluding hydrogens is 1370 g/mol. The van der Waals surface area contributed by atoms with Crippen molar-refractivity contribution in [3.05, 3.63) is 198 Å². The lowest BCUT2D eigenvalue weighted by molar-refractivity contribution is -0.139. The first-order valence-corrected chi connectivity index (χ1v) is 35.6. The highest BCUT2D eigenvalue weighted by Gasteiger charge is 2.48. The molecule has 0 bridgehead atoms. The van der Waals surface area contributed by atoms with E-state index in [1.807, 2.05) is 98.8 Å². The molecule has 21 nitrogen and oxygen atoms in total. The molecule has 4 unspecified atom stereocenters. The number of hydrogen-bond acceptors (Lipinski definition) is 13. The van der Waals surface area contributed by atoms with Crippen molar-refractivity contribution >= 4 is 93.8 Å². The van der Waals surface area contributed by atoms with Crippen LogP contribution in [0.25, 0.3) is 0 Å². The Morgan fingerprint density at radius 2 is 0.782 bits per heavy atom. The number of halogens is 4. The second-order valence-corrected chi connectivity index (χ2v) is 28.7. The summed E-state index contributed by atoms with van der Waals surface area (Å²) in [4.78, 5) is 104. The molecule has 6 aromatic carbocycles. The summed E-state index contributed by atoms with van der Waals surface area (Å²) in [5.74, 6) is 0.423. The van der Waals surface area contributed by atoms with Gasteiger partial charge in [-0.1, -0.05) is 149 Å². The van der Waals surface area contributed by atoms with Gasteiger partial charge in [0, 0.05) is 59.4 Å². The van der Waals surface area contributed by atoms with Gasteiger partial charge in [-0.3, -0.25) is 39.0 Å². The summed E-state index contributed by atoms with van der Waals surface area (Å²) in [7, 11) is 0. The van der Waals surface area contributed by atoms with E-state index < -0.39 is 36.2 Å². The summed E-state index contributed by atoms with van der Waals surface area (Å²) < 4.78 is 29.5. The molecular formula is C76H88Cl4N10O11. The van der Waals surface area contributed by atoms with Crippen LogP contribution in [0.3, 0.4) is 0 Å². The van der Waals surface area contributed by atoms with Crippen LogP contribution in [0.4, 0.5) is 9.59 Å². The highest BCUT2D eigenvalue weighted by atomic mass is 35.5. The quantitative estimate of drug-likeness (QED) is 0.0487. The largest absolute Gasteiger partial charge is 0.493 e. The summed E-state index contributed by atoms with van der Waals surface area (Å²) in [6.07, 6.45) is 0. The summed E-state index contributed by atoms with van der Waals surface area (Å²) in [6.45, 7) is 18.8. The van der Waals surface area contributed by atoms with Crippen molar-refractivity contribution in [2.45, 2.75) is 90.4 Å². The first kappa shape index (κ1) is 75.4. The lowest BCUT2D eigenvalue weighted by atomic mass is 9.86. The van der Waals surface area contributed by atoms with Crippen molar-refractivity contribution in [3.8, 4) is 11.5 Å². The third-order valence-corrected chi connectivity index (χ3v) is 18.9. The van der Waals surface area contributed by atoms with Crippen molar-refractivity contribution in [1.29, 1.82) is 0 Å². The second-order valence-electron chi connectivity index (χ2n) is 27.0. The van der Waals surface area contributed by atoms with Crippen LogP contribution in [0, 0.1) is 0 Å². The minimum Gasteiger partial charge on any atom is -0.493 e. The zero-order valence-electron chi connectivity index (χ0n) is 58.3. The Bertz CT molecular complexity index is 3730. The zero-order valence-corrected chi connectivity index (χ0v) is 61.3. The minimum absolute atomic E-state index is 0.125. The number of amidine groups is 2. The zero-order chi connectivity index (χ0) is 72.1. The molecule has 0 aliphatic carbocycles. The summed E-state index contributed by atoms with van der Waals surface area (Å²) in [5.41, 5.74) is 6.17. The fourth-order valence-electron chi connectivity index (χ4n) is 12.5. The van der Waals surface area contributed by atoms with Crippen LogP contribution >= 0.6 is 46.4 Å². The minimum atomic E-state index is -0.650. The van der Waals surface area contributed by atoms with E-state index in [-0.39, 0.29) is 140 Å². The predicted octanol–water partition coefficient (Wildman–Crippen LogP) is 12.3. The third kappa shape index (κ3) is 18.9. The van der Waals surface area contributed by atoms with Crippen molar-refractivity contribution in [3.63, 3.8) is 0 Å². The third-order valence-electron chi connectivity index (χ3n) is 17.9. The molecule has 2 saturated heterocycles. The molecule has 2 N–H and O–H groups in total. The van der Waals surface area contributed by atoms with Crippen molar-refractivity contribution < 1.29 is 52.5 Å². The van der Waals surface area contributed by atoms with E-state index in [1.165, 1.54) is 19.6 Å². The Balaban J connectivity index is 0.637. The second kappa shape index (κ2) is 34.1. The van der Waals surface area contributed by atoms with E-state index in [0.29, 0.717) is 67.6 Å². The van der Waals surface area contributed by atoms with Crippen LogP contribution in [0.15, 0.2) is 143 Å². The number of urea groups is 2. The molecule has 2 fully saturated rings. The van der Waals surface area contributed by atoms with Gasteiger partial charge in [-0.05, 0) is 131 Å². The summed E-state index contributed by atoms with van der Waals surface area (Å²) in [5, 5.41) is 7.80. The average Bonchev–Trinajstić information content (AvgIpc) is 1.61. The molecule has 0 aromatic heterocycles. The standard InChI is InChI=1S/C76H88Cl4N10O11/c1-9-100-61-43-53(75(3,4)5)19-29-59(61)71-83-67(49-11-21-55(77)22-12-49)69(51-15-25-57(79)26-16-51)89(71)73(95)87-35-33-85(65(93)47-87)45-63(91)81-31-37-97-39-41-99-42-40-98-38-32-82-64(92)46-86-34-36-88(48-66(86)94)74(96)90-70(52-17-27-58(80)28-18-52)68(50-13-23-56(78)24-14-50)84-72(90)60-30-20-54(76(6,7)8)44-62(60)101-10-2/h11-30,43-44,67-70H,9-10,31-42,45-48H2,1-8H3,(H,81,91)(H,82,92). The van der Waals surface area contributed by atoms with Crippen LogP contribution < -0.4 is 20.1 Å². The van der Waals surface area contributed by atoms with E-state index in [9.17, 15) is 19.2 Å². The van der Waals surface area contributed by atoms with Crippen molar-refractivity contribution in [2.24, 2.45) is 9.98 Å². The molecule has 8 amide bonds. The van der Waals surface area contributed by atoms with Crippen LogP contribution in [0.5, 0.6) is 11.5 Å². The van der Waals surface area contributed by atoms with Crippen molar-refractivity contribution in [1.82, 2.24) is 40.0 Å². The molecule has 536 valence electrons. The number of aliphatic imine (C=N–C) groups is 2. The highest BCUT2D eigenvalue weighted by molar-refractivity contribution is 6.31. The molecule has 0 radical (unpaired) electrons. The lowest BCUT2D eigenvalue weighted by Gasteiger charge is -2.38. The maximum atomic E-state index is 15.2. The van der Waals surface area contributed by atoms with Gasteiger partial charge in [0.05, 0.1) is 89.2 Å². The smallest absolute Gasteiger partial charge is 0.326 e. The molecule has 10 rings (SSSR count). The molecule has 0 saturated carbocycles. The lowest BCUT2D eigenvalue weighted by Crippen LogP contribution is -2.57. The Hall–Kier alpha value is -8.28. The number of nitrogens with one attached hydrogen (secondary N) is 2. The van der Waals surface area contributed by atoms with E-state index in [1.54, 1.807) is 58.3 Å². The number of amides is 8. The normalized spacial score (nSPS) is 18.1. The first-order chi connectivity index (χ1) is 48.4. The van der Waals surface area contributed by atoms with Gasteiger partial charge in [0.1, 0.15) is 48.3 Å². The summed E-state index contributed by atoms with van der Waals surface area (Å²) in [6, 6.07) is 38.0. The summed E-state index contributed by atoms with van der Waals surface area (Å²) >= 11 is 25.6. The van der Waals surface area contributed by atoms with Gasteiger partial charge in [0.15, 0.2) is 0 Å². The molecule has 4 atom stereocenters. The number of rotatable bonds is 26. The molecule has 4 aliphatic heterocycles. The fraction of sp³-hybridized carbons (Fsp3) is 0.421. The monoisotopic (exact) mass is 1460 g/mol. The van der Waals surface area contributed by atoms with Crippen molar-refractivity contribution in [2.75, 3.05) is 118 Å². The van der Waals surface area contributed by atoms with Crippen LogP contribution in [-0.4, -0.2) is 195 Å². The number of nitrogens with zero attached hydrogens (tertiary/aromatic N) is 8. The van der Waals surface area contributed by atoms with E-state index >= 15 is 9.59 Å². The van der Waals surface area contributed by atoms with Gasteiger partial charge in [0.25, 0.3) is 0 Å². The molecule has 0 spiro atoms. The van der Waals surface area contributed by atoms with Gasteiger partial charge in [0.2, 0.25) is 23.6 Å². The highest BCUT2D eigenvalue weighted by Crippen LogP contribution is 2.48. The number of ether oxygens (including phenoxy) is 5. The van der Waals surface area contributed by atoms with Crippen LogP contribution in [0.2, 0.25) is 20.1 Å². The molecule has 101 heavy (non-hydrogen) atoms. The SMILES string of the molecule is CCOc1cc(C(C)(C)C)ccc1C1=NC(c2ccc(Cl)cc2)C(c2ccc(Cl)cc2)N1C(=O)N1CCN(CC(=O)NCCOCCOCCOCCNC(=O)CN2CCN(C(=O)N3C(c4ccc(C(C)(C)C)cc4OCC)=NC(c4ccc(Cl)cc4)C3c3ccc(Cl)cc3)CC2=O)C(=O)C1. The Labute approximate surface area is 610 Å². The maximum Gasteiger partial charge on any atom is 0.326 e. The number of benzene rings is 6.